The van der Waals surface area contributed by atoms with Gasteiger partial charge in [0.25, 0.3) is 0 Å². The summed E-state index contributed by atoms with van der Waals surface area (Å²) in [6.45, 7) is 5.35. The maximum Gasteiger partial charge on any atom is 0.414 e. The molecule has 0 radical (unpaired) electrons. The van der Waals surface area contributed by atoms with E-state index in [1.165, 1.54) is 34.7 Å². The number of rotatable bonds is 7. The molecule has 176 valence electrons. The average molecular weight is 470 g/mol. The first-order valence-electron chi connectivity index (χ1n) is 11.4. The van der Waals surface area contributed by atoms with E-state index in [1.807, 2.05) is 13.0 Å². The van der Waals surface area contributed by atoms with E-state index in [-0.39, 0.29) is 5.41 Å². The lowest BCUT2D eigenvalue weighted by Gasteiger charge is -2.42. The number of carbonyl (C=O) groups is 3. The molecule has 0 aromatic heterocycles. The summed E-state index contributed by atoms with van der Waals surface area (Å²) in [7, 11) is 0. The highest BCUT2D eigenvalue weighted by atomic mass is 32.2. The van der Waals surface area contributed by atoms with E-state index < -0.39 is 11.9 Å². The quantitative estimate of drug-likeness (QED) is 0.567. The Morgan fingerprint density at radius 3 is 2.06 bits per heavy atom. The van der Waals surface area contributed by atoms with Crippen molar-refractivity contribution < 1.29 is 24.6 Å². The van der Waals surface area contributed by atoms with Crippen molar-refractivity contribution in [2.45, 2.75) is 54.2 Å². The lowest BCUT2D eigenvalue weighted by atomic mass is 9.69. The molecule has 2 N–H and O–H groups in total. The van der Waals surface area contributed by atoms with E-state index in [2.05, 4.69) is 53.4 Å². The number of carbonyl (C=O) groups excluding carboxylic acids is 1. The summed E-state index contributed by atoms with van der Waals surface area (Å²) >= 11 is 1.79. The maximum absolute atomic E-state index is 13.2. The first kappa shape index (κ1) is 25.0. The number of likely N-dealkylation sites (tertiary alicyclic amines) is 1. The van der Waals surface area contributed by atoms with Crippen LogP contribution in [0.25, 0.3) is 0 Å². The summed E-state index contributed by atoms with van der Waals surface area (Å²) in [6.07, 6.45) is 5.32. The van der Waals surface area contributed by atoms with E-state index in [0.29, 0.717) is 12.2 Å². The molecule has 33 heavy (non-hydrogen) atoms. The SMILES string of the molecule is CCC(=O)C1(c2ccccc2Sc2ccccc2)CCN(CC2CC2)CC1.O=C(O)C(=O)O. The first-order chi connectivity index (χ1) is 15.9. The molecule has 4 rings (SSSR count). The van der Waals surface area contributed by atoms with Crippen molar-refractivity contribution in [3.8, 4) is 0 Å². The molecule has 2 aromatic carbocycles. The Balaban J connectivity index is 0.000000454. The van der Waals surface area contributed by atoms with Crippen LogP contribution in [0.5, 0.6) is 0 Å². The van der Waals surface area contributed by atoms with Gasteiger partial charge in [-0.2, -0.15) is 0 Å². The van der Waals surface area contributed by atoms with Crippen LogP contribution < -0.4 is 0 Å². The number of benzene rings is 2. The van der Waals surface area contributed by atoms with Gasteiger partial charge >= 0.3 is 11.9 Å². The molecule has 2 aliphatic rings. The highest BCUT2D eigenvalue weighted by molar-refractivity contribution is 7.99. The van der Waals surface area contributed by atoms with Crippen LogP contribution in [0.4, 0.5) is 0 Å². The average Bonchev–Trinajstić information content (AvgIpc) is 3.65. The smallest absolute Gasteiger partial charge is 0.414 e. The number of Topliss-reactive ketones (excluding diaryl/α,β-unsaturated/α-hetero) is 1. The molecule has 0 bridgehead atoms. The Bertz CT molecular complexity index is 954. The minimum absolute atomic E-state index is 0.312. The fraction of sp³-hybridized carbons (Fsp3) is 0.423. The Morgan fingerprint density at radius 1 is 0.939 bits per heavy atom. The van der Waals surface area contributed by atoms with Crippen LogP contribution in [0.1, 0.15) is 44.6 Å². The summed E-state index contributed by atoms with van der Waals surface area (Å²) < 4.78 is 0. The minimum Gasteiger partial charge on any atom is -0.473 e. The predicted molar refractivity (Wildman–Crippen MR) is 128 cm³/mol. The van der Waals surface area contributed by atoms with Gasteiger partial charge in [0.1, 0.15) is 5.78 Å². The van der Waals surface area contributed by atoms with Gasteiger partial charge in [-0.05, 0) is 68.5 Å². The lowest BCUT2D eigenvalue weighted by Crippen LogP contribution is -2.47. The number of hydrogen-bond acceptors (Lipinski definition) is 5. The van der Waals surface area contributed by atoms with Gasteiger partial charge in [0.2, 0.25) is 0 Å². The van der Waals surface area contributed by atoms with E-state index in [0.717, 1.165) is 31.8 Å². The van der Waals surface area contributed by atoms with Crippen LogP contribution >= 0.6 is 11.8 Å². The molecule has 7 heteroatoms. The Hall–Kier alpha value is -2.64. The second kappa shape index (κ2) is 11.5. The van der Waals surface area contributed by atoms with Crippen molar-refractivity contribution in [3.63, 3.8) is 0 Å². The number of carboxylic acid groups (broad SMARTS) is 2. The van der Waals surface area contributed by atoms with Gasteiger partial charge in [-0.3, -0.25) is 4.79 Å². The Kier molecular flexibility index (Phi) is 8.69. The number of carboxylic acids is 2. The summed E-state index contributed by atoms with van der Waals surface area (Å²) in [5.41, 5.74) is 0.935. The number of nitrogens with zero attached hydrogens (tertiary/aromatic N) is 1. The predicted octanol–water partition coefficient (Wildman–Crippen LogP) is 4.72. The third-order valence-electron chi connectivity index (χ3n) is 6.33. The summed E-state index contributed by atoms with van der Waals surface area (Å²) in [5.74, 6) is -2.32. The molecule has 2 fully saturated rings. The van der Waals surface area contributed by atoms with E-state index in [1.54, 1.807) is 11.8 Å². The monoisotopic (exact) mass is 469 g/mol. The molecule has 1 aliphatic carbocycles. The summed E-state index contributed by atoms with van der Waals surface area (Å²) in [6, 6.07) is 19.1. The largest absolute Gasteiger partial charge is 0.473 e. The molecule has 0 amide bonds. The van der Waals surface area contributed by atoms with Crippen molar-refractivity contribution in [1.82, 2.24) is 4.90 Å². The zero-order valence-electron chi connectivity index (χ0n) is 18.9. The van der Waals surface area contributed by atoms with E-state index >= 15 is 0 Å². The van der Waals surface area contributed by atoms with Gasteiger partial charge in [-0.1, -0.05) is 55.1 Å². The van der Waals surface area contributed by atoms with Crippen molar-refractivity contribution in [2.24, 2.45) is 5.92 Å². The second-order valence-electron chi connectivity index (χ2n) is 8.62. The van der Waals surface area contributed by atoms with Crippen LogP contribution in [0, 0.1) is 5.92 Å². The maximum atomic E-state index is 13.2. The molecular formula is C26H31NO5S. The molecule has 0 atom stereocenters. The number of ketones is 1. The van der Waals surface area contributed by atoms with Gasteiger partial charge in [0.05, 0.1) is 5.41 Å². The molecule has 0 unspecified atom stereocenters. The van der Waals surface area contributed by atoms with E-state index in [9.17, 15) is 4.79 Å². The lowest BCUT2D eigenvalue weighted by molar-refractivity contribution is -0.159. The van der Waals surface area contributed by atoms with Crippen molar-refractivity contribution in [1.29, 1.82) is 0 Å². The molecular weight excluding hydrogens is 438 g/mol. The number of piperidine rings is 1. The Morgan fingerprint density at radius 2 is 1.52 bits per heavy atom. The third kappa shape index (κ3) is 6.68. The highest BCUT2D eigenvalue weighted by Crippen LogP contribution is 2.44. The molecule has 1 heterocycles. The molecule has 1 aliphatic heterocycles. The second-order valence-corrected chi connectivity index (χ2v) is 9.74. The minimum atomic E-state index is -1.82. The molecule has 6 nitrogen and oxygen atoms in total. The molecule has 2 aromatic rings. The fourth-order valence-electron chi connectivity index (χ4n) is 4.39. The third-order valence-corrected chi connectivity index (χ3v) is 7.42. The topological polar surface area (TPSA) is 94.9 Å². The van der Waals surface area contributed by atoms with Gasteiger partial charge in [0.15, 0.2) is 0 Å². The number of aliphatic carboxylic acids is 2. The van der Waals surface area contributed by atoms with Crippen LogP contribution in [-0.4, -0.2) is 52.5 Å². The zero-order chi connectivity index (χ0) is 23.8. The zero-order valence-corrected chi connectivity index (χ0v) is 19.7. The van der Waals surface area contributed by atoms with Crippen LogP contribution in [0.15, 0.2) is 64.4 Å². The molecule has 1 saturated carbocycles. The normalized spacial score (nSPS) is 17.5. The number of hydrogen-bond donors (Lipinski definition) is 2. The van der Waals surface area contributed by atoms with Gasteiger partial charge in [-0.15, -0.1) is 0 Å². The Labute approximate surface area is 199 Å². The van der Waals surface area contributed by atoms with Crippen molar-refractivity contribution >= 4 is 29.5 Å². The molecule has 0 spiro atoms. The van der Waals surface area contributed by atoms with Gasteiger partial charge in [-0.25, -0.2) is 9.59 Å². The van der Waals surface area contributed by atoms with Crippen molar-refractivity contribution in [2.75, 3.05) is 19.6 Å². The van der Waals surface area contributed by atoms with Gasteiger partial charge in [0, 0.05) is 22.8 Å². The van der Waals surface area contributed by atoms with Gasteiger partial charge < -0.3 is 15.1 Å². The van der Waals surface area contributed by atoms with Crippen molar-refractivity contribution in [3.05, 3.63) is 60.2 Å². The van der Waals surface area contributed by atoms with Crippen LogP contribution in [-0.2, 0) is 19.8 Å². The summed E-state index contributed by atoms with van der Waals surface area (Å²) in [5, 5.41) is 14.8. The fourth-order valence-corrected chi connectivity index (χ4v) is 5.45. The van der Waals surface area contributed by atoms with Crippen LogP contribution in [0.3, 0.4) is 0 Å². The van der Waals surface area contributed by atoms with E-state index in [4.69, 9.17) is 19.8 Å². The van der Waals surface area contributed by atoms with Crippen LogP contribution in [0.2, 0.25) is 0 Å². The highest BCUT2D eigenvalue weighted by Gasteiger charge is 2.43. The molecule has 1 saturated heterocycles. The standard InChI is InChI=1S/C24H29NOS.C2H2O4/c1-2-23(26)24(14-16-25(17-15-24)18-19-12-13-19)21-10-6-7-11-22(21)27-20-8-4-3-5-9-20;3-1(4)2(5)6/h3-11,19H,2,12-18H2,1H3;(H,3,4)(H,5,6). The summed E-state index contributed by atoms with van der Waals surface area (Å²) in [4.78, 5) is 36.5. The first-order valence-corrected chi connectivity index (χ1v) is 12.2.